The zero-order valence-corrected chi connectivity index (χ0v) is 7.61. The highest BCUT2D eigenvalue weighted by Crippen LogP contribution is 2.18. The summed E-state index contributed by atoms with van der Waals surface area (Å²) >= 11 is 0. The van der Waals surface area contributed by atoms with Crippen LogP contribution in [0.3, 0.4) is 0 Å². The molecule has 2 aromatic rings. The van der Waals surface area contributed by atoms with E-state index in [9.17, 15) is 0 Å². The molecule has 0 saturated heterocycles. The van der Waals surface area contributed by atoms with Gasteiger partial charge < -0.3 is 21.2 Å². The van der Waals surface area contributed by atoms with E-state index in [-0.39, 0.29) is 11.8 Å². The number of fused-ring (bicyclic) bond motifs is 1. The number of ether oxygens (including phenoxy) is 1. The lowest BCUT2D eigenvalue weighted by atomic mass is 10.5. The quantitative estimate of drug-likeness (QED) is 0.615. The maximum absolute atomic E-state index is 5.61. The first-order valence-electron chi connectivity index (χ1n) is 4.12. The first kappa shape index (κ1) is 8.54. The number of hydrogen-bond acceptors (Lipinski definition) is 6. The summed E-state index contributed by atoms with van der Waals surface area (Å²) in [5.41, 5.74) is 12.0. The van der Waals surface area contributed by atoms with E-state index in [1.165, 1.54) is 0 Å². The molecule has 7 heteroatoms. The van der Waals surface area contributed by atoms with Crippen LogP contribution in [0, 0.1) is 0 Å². The van der Waals surface area contributed by atoms with Crippen molar-refractivity contribution in [1.29, 1.82) is 0 Å². The van der Waals surface area contributed by atoms with Gasteiger partial charge in [0.25, 0.3) is 6.01 Å². The number of aromatic nitrogens is 4. The standard InChI is InChI=1S/C7H10N6O/c1-2-14-7-10-3-4(8)11-6(9)12-5(3)13-7/h2H2,1H3,(H5,8,9,10,11,12,13). The van der Waals surface area contributed by atoms with Gasteiger partial charge in [-0.2, -0.15) is 15.0 Å². The third-order valence-electron chi connectivity index (χ3n) is 1.66. The van der Waals surface area contributed by atoms with Crippen LogP contribution in [0.5, 0.6) is 6.01 Å². The molecule has 2 rings (SSSR count). The highest BCUT2D eigenvalue weighted by atomic mass is 16.5. The molecule has 7 nitrogen and oxygen atoms in total. The first-order valence-corrected chi connectivity index (χ1v) is 4.12. The second-order valence-corrected chi connectivity index (χ2v) is 2.64. The van der Waals surface area contributed by atoms with E-state index in [1.54, 1.807) is 0 Å². The Morgan fingerprint density at radius 3 is 2.79 bits per heavy atom. The second-order valence-electron chi connectivity index (χ2n) is 2.64. The number of imidazole rings is 1. The SMILES string of the molecule is CCOc1nc2nc(N)nc(N)c2[nH]1. The molecule has 0 saturated carbocycles. The van der Waals surface area contributed by atoms with E-state index >= 15 is 0 Å². The van der Waals surface area contributed by atoms with E-state index in [1.807, 2.05) is 6.92 Å². The lowest BCUT2D eigenvalue weighted by molar-refractivity contribution is 0.317. The molecule has 0 spiro atoms. The summed E-state index contributed by atoms with van der Waals surface area (Å²) in [5.74, 6) is 0.371. The molecule has 14 heavy (non-hydrogen) atoms. The predicted molar refractivity (Wildman–Crippen MR) is 51.7 cm³/mol. The molecule has 2 aromatic heterocycles. The summed E-state index contributed by atoms with van der Waals surface area (Å²) in [4.78, 5) is 14.6. The molecule has 0 fully saturated rings. The van der Waals surface area contributed by atoms with Gasteiger partial charge in [0.1, 0.15) is 5.52 Å². The third-order valence-corrected chi connectivity index (χ3v) is 1.66. The third kappa shape index (κ3) is 1.28. The number of nitrogens with one attached hydrogen (secondary N) is 1. The monoisotopic (exact) mass is 194 g/mol. The minimum absolute atomic E-state index is 0.101. The van der Waals surface area contributed by atoms with Crippen molar-refractivity contribution in [2.24, 2.45) is 0 Å². The average Bonchev–Trinajstić information content (AvgIpc) is 2.48. The van der Waals surface area contributed by atoms with Crippen molar-refractivity contribution < 1.29 is 4.74 Å². The Bertz CT molecular complexity index is 464. The van der Waals surface area contributed by atoms with Crippen LogP contribution in [0.2, 0.25) is 0 Å². The van der Waals surface area contributed by atoms with Gasteiger partial charge in [0.15, 0.2) is 11.5 Å². The van der Waals surface area contributed by atoms with Gasteiger partial charge in [-0.15, -0.1) is 0 Å². The number of rotatable bonds is 2. The predicted octanol–water partition coefficient (Wildman–Crippen LogP) is -0.0840. The highest BCUT2D eigenvalue weighted by Gasteiger charge is 2.09. The van der Waals surface area contributed by atoms with Crippen molar-refractivity contribution in [1.82, 2.24) is 19.9 Å². The largest absolute Gasteiger partial charge is 0.465 e. The van der Waals surface area contributed by atoms with Crippen LogP contribution in [-0.4, -0.2) is 26.5 Å². The summed E-state index contributed by atoms with van der Waals surface area (Å²) in [6.07, 6.45) is 0. The van der Waals surface area contributed by atoms with Crippen molar-refractivity contribution in [3.05, 3.63) is 0 Å². The maximum atomic E-state index is 5.61. The van der Waals surface area contributed by atoms with Gasteiger partial charge in [-0.05, 0) is 6.92 Å². The average molecular weight is 194 g/mol. The Kier molecular flexibility index (Phi) is 1.84. The minimum Gasteiger partial charge on any atom is -0.465 e. The molecule has 0 bridgehead atoms. The van der Waals surface area contributed by atoms with E-state index in [2.05, 4.69) is 19.9 Å². The summed E-state index contributed by atoms with van der Waals surface area (Å²) in [6.45, 7) is 2.37. The van der Waals surface area contributed by atoms with Gasteiger partial charge in [0.05, 0.1) is 6.61 Å². The van der Waals surface area contributed by atoms with Gasteiger partial charge in [-0.1, -0.05) is 0 Å². The molecular weight excluding hydrogens is 184 g/mol. The fraction of sp³-hybridized carbons (Fsp3) is 0.286. The number of aromatic amines is 1. The van der Waals surface area contributed by atoms with Crippen LogP contribution in [0.25, 0.3) is 11.2 Å². The lowest BCUT2D eigenvalue weighted by Crippen LogP contribution is -1.99. The minimum atomic E-state index is 0.101. The van der Waals surface area contributed by atoms with Gasteiger partial charge in [-0.3, -0.25) is 0 Å². The number of anilines is 2. The molecule has 0 atom stereocenters. The van der Waals surface area contributed by atoms with Crippen molar-refractivity contribution in [2.45, 2.75) is 6.92 Å². The highest BCUT2D eigenvalue weighted by molar-refractivity contribution is 5.82. The van der Waals surface area contributed by atoms with Crippen molar-refractivity contribution in [3.63, 3.8) is 0 Å². The van der Waals surface area contributed by atoms with Crippen LogP contribution in [-0.2, 0) is 0 Å². The van der Waals surface area contributed by atoms with Crippen molar-refractivity contribution >= 4 is 22.9 Å². The number of nitrogens with zero attached hydrogens (tertiary/aromatic N) is 3. The van der Waals surface area contributed by atoms with E-state index in [0.29, 0.717) is 23.8 Å². The molecule has 2 heterocycles. The lowest BCUT2D eigenvalue weighted by Gasteiger charge is -1.94. The zero-order chi connectivity index (χ0) is 10.1. The van der Waals surface area contributed by atoms with Crippen LogP contribution < -0.4 is 16.2 Å². The molecule has 5 N–H and O–H groups in total. The van der Waals surface area contributed by atoms with Gasteiger partial charge in [0, 0.05) is 0 Å². The summed E-state index contributed by atoms with van der Waals surface area (Å²) in [5, 5.41) is 0. The van der Waals surface area contributed by atoms with Crippen LogP contribution in [0.4, 0.5) is 11.8 Å². The van der Waals surface area contributed by atoms with Crippen LogP contribution in [0.15, 0.2) is 0 Å². The maximum Gasteiger partial charge on any atom is 0.296 e. The Hall–Kier alpha value is -2.05. The summed E-state index contributed by atoms with van der Waals surface area (Å²) in [7, 11) is 0. The van der Waals surface area contributed by atoms with Crippen molar-refractivity contribution in [3.8, 4) is 6.01 Å². The molecular formula is C7H10N6O. The fourth-order valence-electron chi connectivity index (χ4n) is 1.12. The Morgan fingerprint density at radius 1 is 1.29 bits per heavy atom. The Balaban J connectivity index is 2.58. The van der Waals surface area contributed by atoms with E-state index in [0.717, 1.165) is 0 Å². The van der Waals surface area contributed by atoms with Crippen LogP contribution in [0.1, 0.15) is 6.92 Å². The normalized spacial score (nSPS) is 10.6. The fourth-order valence-corrected chi connectivity index (χ4v) is 1.12. The van der Waals surface area contributed by atoms with Gasteiger partial charge >= 0.3 is 0 Å². The van der Waals surface area contributed by atoms with Crippen LogP contribution >= 0.6 is 0 Å². The topological polar surface area (TPSA) is 116 Å². The van der Waals surface area contributed by atoms with Gasteiger partial charge in [0.2, 0.25) is 5.95 Å². The molecule has 0 unspecified atom stereocenters. The second kappa shape index (κ2) is 3.02. The van der Waals surface area contributed by atoms with E-state index < -0.39 is 0 Å². The summed E-state index contributed by atoms with van der Waals surface area (Å²) in [6, 6.07) is 0.370. The molecule has 0 radical (unpaired) electrons. The number of hydrogen-bond donors (Lipinski definition) is 3. The van der Waals surface area contributed by atoms with Gasteiger partial charge in [-0.25, -0.2) is 0 Å². The number of H-pyrrole nitrogens is 1. The van der Waals surface area contributed by atoms with Crippen molar-refractivity contribution in [2.75, 3.05) is 18.1 Å². The molecule has 0 aliphatic carbocycles. The summed E-state index contributed by atoms with van der Waals surface area (Å²) < 4.78 is 5.15. The smallest absolute Gasteiger partial charge is 0.296 e. The molecule has 0 aliphatic heterocycles. The Morgan fingerprint density at radius 2 is 2.07 bits per heavy atom. The molecule has 0 amide bonds. The molecule has 0 aliphatic rings. The molecule has 0 aromatic carbocycles. The molecule has 74 valence electrons. The number of nitrogens with two attached hydrogens (primary N) is 2. The van der Waals surface area contributed by atoms with E-state index in [4.69, 9.17) is 16.2 Å². The Labute approximate surface area is 79.5 Å². The number of nitrogen functional groups attached to an aromatic ring is 2. The zero-order valence-electron chi connectivity index (χ0n) is 7.61. The first-order chi connectivity index (χ1) is 6.70.